The van der Waals surface area contributed by atoms with Crippen LogP contribution >= 0.6 is 0 Å². The van der Waals surface area contributed by atoms with E-state index in [0.29, 0.717) is 23.4 Å². The highest BCUT2D eigenvalue weighted by Gasteiger charge is 2.44. The molecule has 0 N–H and O–H groups in total. The number of aromatic nitrogens is 1. The van der Waals surface area contributed by atoms with E-state index in [1.807, 2.05) is 37.4 Å². The lowest BCUT2D eigenvalue weighted by Gasteiger charge is -2.33. The maximum Gasteiger partial charge on any atom is 0.262 e. The fraction of sp³-hybridized carbons (Fsp3) is 0.269. The molecule has 0 saturated carbocycles. The normalized spacial score (nSPS) is 13.4. The highest BCUT2D eigenvalue weighted by atomic mass is 16.5. The Hall–Kier alpha value is -3.71. The zero-order valence-electron chi connectivity index (χ0n) is 18.9. The van der Waals surface area contributed by atoms with E-state index < -0.39 is 5.54 Å². The molecule has 4 rings (SSSR count). The molecule has 33 heavy (non-hydrogen) atoms. The van der Waals surface area contributed by atoms with Gasteiger partial charge in [0.05, 0.1) is 36.1 Å². The van der Waals surface area contributed by atoms with Crippen molar-refractivity contribution in [3.8, 4) is 5.75 Å². The Kier molecular flexibility index (Phi) is 6.16. The number of imide groups is 1. The Balaban J connectivity index is 1.39. The standard InChI is InChI=1S/C26H26N2O5/c1-26(2,28-24(30)20-11-7-8-12-21(20)25(28)31)17-32-16-19-13-22(29)23(14-27(19)3)33-15-18-9-5-4-6-10-18/h4-14H,15-17H2,1-3H3. The van der Waals surface area contributed by atoms with Gasteiger partial charge in [-0.3, -0.25) is 19.3 Å². The Labute approximate surface area is 192 Å². The molecule has 0 radical (unpaired) electrons. The molecule has 170 valence electrons. The Morgan fingerprint density at radius 1 is 0.848 bits per heavy atom. The van der Waals surface area contributed by atoms with Crippen molar-refractivity contribution in [3.05, 3.63) is 99.5 Å². The van der Waals surface area contributed by atoms with E-state index in [1.54, 1.807) is 48.9 Å². The van der Waals surface area contributed by atoms with E-state index >= 15 is 0 Å². The Bertz CT molecular complexity index is 1210. The minimum atomic E-state index is -0.856. The molecular weight excluding hydrogens is 420 g/mol. The first kappa shape index (κ1) is 22.5. The van der Waals surface area contributed by atoms with Crippen molar-refractivity contribution in [1.82, 2.24) is 9.47 Å². The smallest absolute Gasteiger partial charge is 0.262 e. The van der Waals surface area contributed by atoms with Gasteiger partial charge in [0.2, 0.25) is 5.43 Å². The predicted octanol–water partition coefficient (Wildman–Crippen LogP) is 3.56. The van der Waals surface area contributed by atoms with Gasteiger partial charge in [-0.2, -0.15) is 0 Å². The van der Waals surface area contributed by atoms with Crippen LogP contribution in [0.5, 0.6) is 5.75 Å². The van der Waals surface area contributed by atoms with E-state index in [4.69, 9.17) is 9.47 Å². The predicted molar refractivity (Wildman–Crippen MR) is 123 cm³/mol. The molecule has 3 aromatic rings. The highest BCUT2D eigenvalue weighted by Crippen LogP contribution is 2.29. The molecule has 1 aliphatic heterocycles. The minimum Gasteiger partial charge on any atom is -0.483 e. The maximum atomic E-state index is 12.8. The second-order valence-electron chi connectivity index (χ2n) is 8.67. The van der Waals surface area contributed by atoms with Crippen molar-refractivity contribution >= 4 is 11.8 Å². The van der Waals surface area contributed by atoms with E-state index in [2.05, 4.69) is 0 Å². The van der Waals surface area contributed by atoms with Crippen LogP contribution in [0.15, 0.2) is 71.7 Å². The number of hydrogen-bond acceptors (Lipinski definition) is 5. The summed E-state index contributed by atoms with van der Waals surface area (Å²) in [7, 11) is 1.81. The molecule has 7 heteroatoms. The SMILES string of the molecule is Cn1cc(OCc2ccccc2)c(=O)cc1COCC(C)(C)N1C(=O)c2ccccc2C1=O. The molecule has 0 aliphatic carbocycles. The number of hydrogen-bond donors (Lipinski definition) is 0. The Morgan fingerprint density at radius 3 is 2.09 bits per heavy atom. The molecule has 2 amide bonds. The lowest BCUT2D eigenvalue weighted by atomic mass is 10.0. The van der Waals surface area contributed by atoms with Crippen molar-refractivity contribution in [3.63, 3.8) is 0 Å². The topological polar surface area (TPSA) is 77.8 Å². The molecule has 7 nitrogen and oxygen atoms in total. The van der Waals surface area contributed by atoms with Crippen LogP contribution < -0.4 is 10.2 Å². The first-order valence-corrected chi connectivity index (χ1v) is 10.7. The molecule has 0 spiro atoms. The summed E-state index contributed by atoms with van der Waals surface area (Å²) in [6, 6.07) is 17.9. The molecule has 1 aliphatic rings. The van der Waals surface area contributed by atoms with Crippen LogP contribution in [0.1, 0.15) is 45.8 Å². The molecule has 0 fully saturated rings. The third kappa shape index (κ3) is 4.59. The number of benzene rings is 2. The van der Waals surface area contributed by atoms with E-state index in [-0.39, 0.29) is 36.2 Å². The zero-order chi connectivity index (χ0) is 23.6. The number of amides is 2. The average Bonchev–Trinajstić information content (AvgIpc) is 3.06. The Morgan fingerprint density at radius 2 is 1.45 bits per heavy atom. The minimum absolute atomic E-state index is 0.124. The van der Waals surface area contributed by atoms with Gasteiger partial charge < -0.3 is 14.0 Å². The van der Waals surface area contributed by atoms with Crippen molar-refractivity contribution in [2.75, 3.05) is 6.61 Å². The van der Waals surface area contributed by atoms with Crippen LogP contribution in [0.3, 0.4) is 0 Å². The first-order chi connectivity index (χ1) is 15.8. The van der Waals surface area contributed by atoms with Gasteiger partial charge in [0.15, 0.2) is 5.75 Å². The fourth-order valence-electron chi connectivity index (χ4n) is 3.84. The summed E-state index contributed by atoms with van der Waals surface area (Å²) in [5, 5.41) is 0. The lowest BCUT2D eigenvalue weighted by Crippen LogP contribution is -2.50. The molecular formula is C26H26N2O5. The fourth-order valence-corrected chi connectivity index (χ4v) is 3.84. The number of nitrogens with zero attached hydrogens (tertiary/aromatic N) is 2. The average molecular weight is 447 g/mol. The summed E-state index contributed by atoms with van der Waals surface area (Å²) >= 11 is 0. The van der Waals surface area contributed by atoms with Crippen LogP contribution in [0.2, 0.25) is 0 Å². The van der Waals surface area contributed by atoms with Gasteiger partial charge in [0.25, 0.3) is 11.8 Å². The van der Waals surface area contributed by atoms with Gasteiger partial charge in [-0.1, -0.05) is 42.5 Å². The zero-order valence-corrected chi connectivity index (χ0v) is 18.9. The van der Waals surface area contributed by atoms with Crippen LogP contribution in [0.25, 0.3) is 0 Å². The number of pyridine rings is 1. The number of fused-ring (bicyclic) bond motifs is 1. The van der Waals surface area contributed by atoms with Gasteiger partial charge in [0.1, 0.15) is 6.61 Å². The van der Waals surface area contributed by atoms with Crippen molar-refractivity contribution in [2.24, 2.45) is 7.05 Å². The van der Waals surface area contributed by atoms with Crippen LogP contribution in [0, 0.1) is 0 Å². The molecule has 1 aromatic heterocycles. The monoisotopic (exact) mass is 446 g/mol. The van der Waals surface area contributed by atoms with E-state index in [1.165, 1.54) is 11.0 Å². The summed E-state index contributed by atoms with van der Waals surface area (Å²) in [4.78, 5) is 39.3. The van der Waals surface area contributed by atoms with Crippen molar-refractivity contribution < 1.29 is 19.1 Å². The summed E-state index contributed by atoms with van der Waals surface area (Å²) in [6.07, 6.45) is 1.64. The second-order valence-corrected chi connectivity index (χ2v) is 8.67. The van der Waals surface area contributed by atoms with E-state index in [9.17, 15) is 14.4 Å². The van der Waals surface area contributed by atoms with Crippen LogP contribution in [-0.4, -0.2) is 33.4 Å². The molecule has 2 heterocycles. The number of ether oxygens (including phenoxy) is 2. The van der Waals surface area contributed by atoms with Crippen LogP contribution in [0.4, 0.5) is 0 Å². The second kappa shape index (κ2) is 9.03. The summed E-state index contributed by atoms with van der Waals surface area (Å²) < 4.78 is 13.3. The van der Waals surface area contributed by atoms with Gasteiger partial charge in [-0.05, 0) is 31.5 Å². The summed E-state index contributed by atoms with van der Waals surface area (Å²) in [6.45, 7) is 4.15. The van der Waals surface area contributed by atoms with Crippen molar-refractivity contribution in [1.29, 1.82) is 0 Å². The first-order valence-electron chi connectivity index (χ1n) is 10.7. The molecule has 2 aromatic carbocycles. The van der Waals surface area contributed by atoms with Crippen molar-refractivity contribution in [2.45, 2.75) is 32.6 Å². The number of aryl methyl sites for hydroxylation is 1. The molecule has 0 atom stereocenters. The van der Waals surface area contributed by atoms with Crippen LogP contribution in [-0.2, 0) is 25.0 Å². The van der Waals surface area contributed by atoms with Gasteiger partial charge in [-0.15, -0.1) is 0 Å². The third-order valence-corrected chi connectivity index (χ3v) is 5.65. The summed E-state index contributed by atoms with van der Waals surface area (Å²) in [5.41, 5.74) is 1.35. The number of carbonyl (C=O) groups is 2. The van der Waals surface area contributed by atoms with Gasteiger partial charge in [0, 0.05) is 18.8 Å². The third-order valence-electron chi connectivity index (χ3n) is 5.65. The molecule has 0 bridgehead atoms. The summed E-state index contributed by atoms with van der Waals surface area (Å²) in [5.74, 6) is -0.385. The van der Waals surface area contributed by atoms with Gasteiger partial charge >= 0.3 is 0 Å². The van der Waals surface area contributed by atoms with Gasteiger partial charge in [-0.25, -0.2) is 0 Å². The highest BCUT2D eigenvalue weighted by molar-refractivity contribution is 6.21. The molecule has 0 unspecified atom stereocenters. The largest absolute Gasteiger partial charge is 0.483 e. The lowest BCUT2D eigenvalue weighted by molar-refractivity contribution is 0.0106. The van der Waals surface area contributed by atoms with E-state index in [0.717, 1.165) is 5.56 Å². The molecule has 0 saturated heterocycles. The number of carbonyl (C=O) groups excluding carboxylic acids is 2. The number of rotatable bonds is 8. The maximum absolute atomic E-state index is 12.8. The quantitative estimate of drug-likeness (QED) is 0.495.